The molecule has 0 heterocycles. The third-order valence-corrected chi connectivity index (χ3v) is 1.31. The third kappa shape index (κ3) is 22.7. The Morgan fingerprint density at radius 1 is 0.773 bits per heavy atom. The molecule has 0 radical (unpaired) electrons. The normalized spacial score (nSPS) is 9.00. The zero-order valence-electron chi connectivity index (χ0n) is 12.5. The van der Waals surface area contributed by atoms with E-state index in [0.717, 1.165) is 0 Å². The van der Waals surface area contributed by atoms with Gasteiger partial charge < -0.3 is 30.3 Å². The molecule has 0 aliphatic heterocycles. The molecule has 0 spiro atoms. The molecule has 0 aromatic heterocycles. The lowest BCUT2D eigenvalue weighted by Gasteiger charge is -2.12. The number of carboxylic acids is 2. The summed E-state index contributed by atoms with van der Waals surface area (Å²) in [6.07, 6.45) is -3.41. The Morgan fingerprint density at radius 2 is 1.00 bits per heavy atom. The summed E-state index contributed by atoms with van der Waals surface area (Å²) in [7, 11) is 0. The predicted octanol–water partition coefficient (Wildman–Crippen LogP) is -0.0119. The molecule has 0 saturated carbocycles. The molecule has 0 aromatic carbocycles. The lowest BCUT2D eigenvalue weighted by molar-refractivity contribution is -0.434. The van der Waals surface area contributed by atoms with Crippen LogP contribution in [0.4, 0.5) is 0 Å². The summed E-state index contributed by atoms with van der Waals surface area (Å²) in [6, 6.07) is 0. The zero-order valence-corrected chi connectivity index (χ0v) is 12.5. The van der Waals surface area contributed by atoms with Gasteiger partial charge in [-0.25, -0.2) is 14.4 Å². The van der Waals surface area contributed by atoms with E-state index in [0.29, 0.717) is 0 Å². The molecular formula is C13H20O9. The molecule has 0 saturated heterocycles. The standard InChI is InChI=1S/C5H8O5.2C4H6O2/c1-3(2)4(6)10-5(7,8)9;2*1-3(2)4(5)6/h7-9H,1H2,2H3;2*1H2,2H3,(H,5,6). The zero-order chi connectivity index (χ0) is 18.7. The Labute approximate surface area is 127 Å². The Hall–Kier alpha value is -2.49. The van der Waals surface area contributed by atoms with Gasteiger partial charge in [-0.05, 0) is 20.8 Å². The second kappa shape index (κ2) is 11.2. The molecule has 9 nitrogen and oxygen atoms in total. The van der Waals surface area contributed by atoms with Gasteiger partial charge in [0, 0.05) is 16.7 Å². The van der Waals surface area contributed by atoms with Crippen LogP contribution in [0.3, 0.4) is 0 Å². The highest BCUT2D eigenvalue weighted by Crippen LogP contribution is 2.00. The van der Waals surface area contributed by atoms with Gasteiger partial charge in [-0.1, -0.05) is 19.7 Å². The number of esters is 1. The number of ether oxygens (including phenoxy) is 1. The van der Waals surface area contributed by atoms with Crippen molar-refractivity contribution in [2.75, 3.05) is 0 Å². The van der Waals surface area contributed by atoms with Crippen LogP contribution in [0, 0.1) is 0 Å². The largest absolute Gasteiger partial charge is 0.478 e. The molecule has 0 atom stereocenters. The van der Waals surface area contributed by atoms with Crippen molar-refractivity contribution < 1.29 is 44.7 Å². The molecule has 0 aromatic rings. The lowest BCUT2D eigenvalue weighted by Crippen LogP contribution is -2.34. The van der Waals surface area contributed by atoms with E-state index in [2.05, 4.69) is 24.5 Å². The molecule has 126 valence electrons. The molecular weight excluding hydrogens is 300 g/mol. The van der Waals surface area contributed by atoms with Gasteiger partial charge in [-0.15, -0.1) is 0 Å². The molecule has 0 unspecified atom stereocenters. The number of aliphatic hydroxyl groups is 3. The average Bonchev–Trinajstić information content (AvgIpc) is 2.27. The van der Waals surface area contributed by atoms with Crippen molar-refractivity contribution in [3.8, 4) is 0 Å². The van der Waals surface area contributed by atoms with Gasteiger partial charge in [0.05, 0.1) is 0 Å². The first-order valence-electron chi connectivity index (χ1n) is 5.45. The number of carbonyl (C=O) groups excluding carboxylic acids is 1. The van der Waals surface area contributed by atoms with Crippen LogP contribution in [0.15, 0.2) is 36.5 Å². The van der Waals surface area contributed by atoms with Gasteiger partial charge in [0.2, 0.25) is 0 Å². The van der Waals surface area contributed by atoms with Crippen LogP contribution in [0.25, 0.3) is 0 Å². The molecule has 0 amide bonds. The fourth-order valence-electron chi connectivity index (χ4n) is 0.211. The Balaban J connectivity index is -0.000000261. The number of rotatable bonds is 4. The van der Waals surface area contributed by atoms with Gasteiger partial charge in [0.15, 0.2) is 0 Å². The van der Waals surface area contributed by atoms with Crippen molar-refractivity contribution in [3.05, 3.63) is 36.5 Å². The second-order valence-corrected chi connectivity index (χ2v) is 3.91. The summed E-state index contributed by atoms with van der Waals surface area (Å²) < 4.78 is 3.63. The molecule has 0 aliphatic rings. The van der Waals surface area contributed by atoms with Crippen LogP contribution >= 0.6 is 0 Å². The van der Waals surface area contributed by atoms with Crippen molar-refractivity contribution in [2.45, 2.75) is 26.9 Å². The fraction of sp³-hybridized carbons (Fsp3) is 0.308. The summed E-state index contributed by atoms with van der Waals surface area (Å²) in [5, 5.41) is 40.0. The van der Waals surface area contributed by atoms with Crippen molar-refractivity contribution in [1.29, 1.82) is 0 Å². The van der Waals surface area contributed by atoms with Crippen LogP contribution in [-0.2, 0) is 19.1 Å². The molecule has 0 bridgehead atoms. The minimum absolute atomic E-state index is 0.0403. The Bertz CT molecular complexity index is 407. The van der Waals surface area contributed by atoms with Gasteiger partial charge in [0.25, 0.3) is 0 Å². The van der Waals surface area contributed by atoms with E-state index >= 15 is 0 Å². The van der Waals surface area contributed by atoms with E-state index in [1.807, 2.05) is 0 Å². The summed E-state index contributed by atoms with van der Waals surface area (Å²) in [5.74, 6) is -2.95. The minimum atomic E-state index is -3.41. The van der Waals surface area contributed by atoms with Crippen LogP contribution in [0.5, 0.6) is 0 Å². The SMILES string of the molecule is C=C(C)C(=O)O.C=C(C)C(=O)O.C=C(C)C(=O)OC(O)(O)O. The van der Waals surface area contributed by atoms with Crippen LogP contribution < -0.4 is 0 Å². The summed E-state index contributed by atoms with van der Waals surface area (Å²) >= 11 is 0. The molecule has 0 rings (SSSR count). The number of carboxylic acid groups (broad SMARTS) is 2. The first kappa shape index (κ1) is 24.5. The first-order chi connectivity index (χ1) is 9.61. The van der Waals surface area contributed by atoms with Crippen LogP contribution in [0.2, 0.25) is 0 Å². The molecule has 9 heteroatoms. The highest BCUT2D eigenvalue weighted by atomic mass is 16.9. The van der Waals surface area contributed by atoms with Crippen molar-refractivity contribution in [1.82, 2.24) is 0 Å². The lowest BCUT2D eigenvalue weighted by atomic mass is 10.4. The van der Waals surface area contributed by atoms with Gasteiger partial charge in [-0.3, -0.25) is 0 Å². The van der Waals surface area contributed by atoms with Gasteiger partial charge >= 0.3 is 24.1 Å². The smallest absolute Gasteiger partial charge is 0.455 e. The third-order valence-electron chi connectivity index (χ3n) is 1.31. The van der Waals surface area contributed by atoms with Crippen molar-refractivity contribution in [2.24, 2.45) is 0 Å². The summed E-state index contributed by atoms with van der Waals surface area (Å²) in [4.78, 5) is 29.6. The van der Waals surface area contributed by atoms with Gasteiger partial charge in [-0.2, -0.15) is 0 Å². The summed E-state index contributed by atoms with van der Waals surface area (Å²) in [6.45, 7) is 13.6. The number of hydrogen-bond acceptors (Lipinski definition) is 7. The molecule has 0 aliphatic carbocycles. The Kier molecular flexibility index (Phi) is 12.5. The van der Waals surface area contributed by atoms with Crippen LogP contribution in [0.1, 0.15) is 20.8 Å². The minimum Gasteiger partial charge on any atom is -0.478 e. The number of aliphatic carboxylic acids is 2. The first-order valence-corrected chi connectivity index (χ1v) is 5.45. The molecule has 0 fully saturated rings. The van der Waals surface area contributed by atoms with E-state index in [4.69, 9.17) is 25.5 Å². The van der Waals surface area contributed by atoms with E-state index in [1.165, 1.54) is 20.8 Å². The monoisotopic (exact) mass is 320 g/mol. The highest BCUT2D eigenvalue weighted by molar-refractivity contribution is 5.87. The fourth-order valence-corrected chi connectivity index (χ4v) is 0.211. The predicted molar refractivity (Wildman–Crippen MR) is 75.2 cm³/mol. The highest BCUT2D eigenvalue weighted by Gasteiger charge is 2.24. The average molecular weight is 320 g/mol. The Morgan fingerprint density at radius 3 is 1.05 bits per heavy atom. The summed E-state index contributed by atoms with van der Waals surface area (Å²) in [5.41, 5.74) is 0.312. The topological polar surface area (TPSA) is 162 Å². The van der Waals surface area contributed by atoms with E-state index in [1.54, 1.807) is 0 Å². The van der Waals surface area contributed by atoms with E-state index in [-0.39, 0.29) is 16.7 Å². The van der Waals surface area contributed by atoms with Crippen LogP contribution in [-0.4, -0.2) is 49.6 Å². The van der Waals surface area contributed by atoms with E-state index < -0.39 is 24.1 Å². The van der Waals surface area contributed by atoms with E-state index in [9.17, 15) is 14.4 Å². The van der Waals surface area contributed by atoms with Gasteiger partial charge in [0.1, 0.15) is 0 Å². The molecule has 22 heavy (non-hydrogen) atoms. The second-order valence-electron chi connectivity index (χ2n) is 3.91. The molecule has 5 N–H and O–H groups in total. The van der Waals surface area contributed by atoms with Crippen molar-refractivity contribution in [3.63, 3.8) is 0 Å². The quantitative estimate of drug-likeness (QED) is 0.272. The number of hydrogen-bond donors (Lipinski definition) is 5. The number of carbonyl (C=O) groups is 3. The maximum absolute atomic E-state index is 10.4. The maximum atomic E-state index is 10.4. The van der Waals surface area contributed by atoms with Crippen molar-refractivity contribution >= 4 is 17.9 Å². The maximum Gasteiger partial charge on any atom is 0.455 e.